The molecule has 2 heterocycles. The minimum absolute atomic E-state index is 0.194. The number of fused-ring (bicyclic) bond motifs is 1. The van der Waals surface area contributed by atoms with Gasteiger partial charge in [0.2, 0.25) is 0 Å². The zero-order valence-corrected chi connectivity index (χ0v) is 15.9. The highest BCUT2D eigenvalue weighted by Crippen LogP contribution is 2.31. The van der Waals surface area contributed by atoms with E-state index >= 15 is 0 Å². The van der Waals surface area contributed by atoms with Crippen molar-refractivity contribution >= 4 is 38.3 Å². The molecule has 1 atom stereocenters. The summed E-state index contributed by atoms with van der Waals surface area (Å²) in [7, 11) is 1.54. The van der Waals surface area contributed by atoms with E-state index in [4.69, 9.17) is 14.5 Å². The lowest BCUT2D eigenvalue weighted by molar-refractivity contribution is -0.126. The zero-order valence-electron chi connectivity index (χ0n) is 15.1. The van der Waals surface area contributed by atoms with Gasteiger partial charge in [-0.25, -0.2) is 4.98 Å². The van der Waals surface area contributed by atoms with Crippen LogP contribution in [0.4, 0.5) is 10.8 Å². The van der Waals surface area contributed by atoms with E-state index in [1.54, 1.807) is 11.3 Å². The molecule has 27 heavy (non-hydrogen) atoms. The standard InChI is InChI=1S/C20H21N3O3S/c1-25-18(14-5-3-2-4-6-14)19(24)21-15-7-8-16-17(13-15)27-20(22-16)23-9-11-26-12-10-23/h2-8,13,18H,9-12H2,1H3,(H,21,24)/t18-/m0/s1. The molecule has 1 saturated heterocycles. The highest BCUT2D eigenvalue weighted by Gasteiger charge is 2.20. The molecule has 4 rings (SSSR count). The lowest BCUT2D eigenvalue weighted by Crippen LogP contribution is -2.36. The summed E-state index contributed by atoms with van der Waals surface area (Å²) in [5, 5.41) is 3.95. The number of nitrogens with zero attached hydrogens (tertiary/aromatic N) is 2. The number of hydrogen-bond donors (Lipinski definition) is 1. The molecule has 6 nitrogen and oxygen atoms in total. The Morgan fingerprint density at radius 3 is 2.74 bits per heavy atom. The van der Waals surface area contributed by atoms with Crippen molar-refractivity contribution in [2.24, 2.45) is 0 Å². The second-order valence-electron chi connectivity index (χ2n) is 6.29. The van der Waals surface area contributed by atoms with Crippen LogP contribution in [-0.4, -0.2) is 44.3 Å². The predicted molar refractivity (Wildman–Crippen MR) is 107 cm³/mol. The van der Waals surface area contributed by atoms with Gasteiger partial charge in [0.05, 0.1) is 23.4 Å². The molecule has 1 fully saturated rings. The van der Waals surface area contributed by atoms with Gasteiger partial charge < -0.3 is 19.7 Å². The van der Waals surface area contributed by atoms with Crippen LogP contribution in [0.3, 0.4) is 0 Å². The van der Waals surface area contributed by atoms with Gasteiger partial charge in [0, 0.05) is 25.9 Å². The van der Waals surface area contributed by atoms with E-state index in [0.29, 0.717) is 0 Å². The van der Waals surface area contributed by atoms with Crippen LogP contribution in [0.2, 0.25) is 0 Å². The highest BCUT2D eigenvalue weighted by atomic mass is 32.1. The molecule has 0 saturated carbocycles. The zero-order chi connectivity index (χ0) is 18.6. The number of hydrogen-bond acceptors (Lipinski definition) is 6. The maximum atomic E-state index is 12.7. The summed E-state index contributed by atoms with van der Waals surface area (Å²) in [4.78, 5) is 19.6. The maximum Gasteiger partial charge on any atom is 0.258 e. The number of ether oxygens (including phenoxy) is 2. The number of benzene rings is 2. The predicted octanol–water partition coefficient (Wildman–Crippen LogP) is 3.46. The average molecular weight is 383 g/mol. The SMILES string of the molecule is CO[C@H](C(=O)Nc1ccc2nc(N3CCOCC3)sc2c1)c1ccccc1. The molecule has 3 aromatic rings. The lowest BCUT2D eigenvalue weighted by atomic mass is 10.1. The van der Waals surface area contributed by atoms with Crippen LogP contribution in [0.1, 0.15) is 11.7 Å². The molecule has 1 aliphatic rings. The largest absolute Gasteiger partial charge is 0.378 e. The summed E-state index contributed by atoms with van der Waals surface area (Å²) >= 11 is 1.63. The number of nitrogens with one attached hydrogen (secondary N) is 1. The Bertz CT molecular complexity index is 923. The van der Waals surface area contributed by atoms with E-state index < -0.39 is 6.10 Å². The summed E-state index contributed by atoms with van der Waals surface area (Å²) in [5.41, 5.74) is 2.50. The van der Waals surface area contributed by atoms with Crippen LogP contribution in [-0.2, 0) is 14.3 Å². The van der Waals surface area contributed by atoms with Crippen LogP contribution in [0.25, 0.3) is 10.2 Å². The molecule has 1 aliphatic heterocycles. The summed E-state index contributed by atoms with van der Waals surface area (Å²) in [6.07, 6.45) is -0.646. The fraction of sp³-hybridized carbons (Fsp3) is 0.300. The number of rotatable bonds is 5. The second kappa shape index (κ2) is 8.04. The third-order valence-electron chi connectivity index (χ3n) is 4.50. The summed E-state index contributed by atoms with van der Waals surface area (Å²) in [5.74, 6) is -0.194. The Balaban J connectivity index is 1.52. The van der Waals surface area contributed by atoms with Gasteiger partial charge in [-0.1, -0.05) is 41.7 Å². The Morgan fingerprint density at radius 2 is 2.00 bits per heavy atom. The quantitative estimate of drug-likeness (QED) is 0.731. The van der Waals surface area contributed by atoms with Gasteiger partial charge in [-0.2, -0.15) is 0 Å². The summed E-state index contributed by atoms with van der Waals surface area (Å²) in [6, 6.07) is 15.3. The molecule has 1 amide bonds. The topological polar surface area (TPSA) is 63.7 Å². The average Bonchev–Trinajstić information content (AvgIpc) is 3.13. The van der Waals surface area contributed by atoms with Crippen molar-refractivity contribution in [1.82, 2.24) is 4.98 Å². The summed E-state index contributed by atoms with van der Waals surface area (Å²) in [6.45, 7) is 3.18. The number of thiazole rings is 1. The molecule has 1 aromatic heterocycles. The number of morpholine rings is 1. The van der Waals surface area contributed by atoms with Gasteiger partial charge in [-0.3, -0.25) is 4.79 Å². The van der Waals surface area contributed by atoms with Crippen molar-refractivity contribution in [3.63, 3.8) is 0 Å². The molecule has 2 aromatic carbocycles. The molecule has 1 N–H and O–H groups in total. The first kappa shape index (κ1) is 17.9. The van der Waals surface area contributed by atoms with Crippen molar-refractivity contribution in [2.45, 2.75) is 6.10 Å². The Morgan fingerprint density at radius 1 is 1.22 bits per heavy atom. The van der Waals surface area contributed by atoms with Crippen LogP contribution >= 0.6 is 11.3 Å². The number of anilines is 2. The first-order valence-electron chi connectivity index (χ1n) is 8.86. The van der Waals surface area contributed by atoms with Crippen molar-refractivity contribution in [2.75, 3.05) is 43.6 Å². The van der Waals surface area contributed by atoms with Crippen LogP contribution < -0.4 is 10.2 Å². The molecule has 7 heteroatoms. The molecule has 0 bridgehead atoms. The fourth-order valence-electron chi connectivity index (χ4n) is 3.11. The molecule has 0 radical (unpaired) electrons. The molecular formula is C20H21N3O3S. The third-order valence-corrected chi connectivity index (χ3v) is 5.58. The van der Waals surface area contributed by atoms with E-state index in [9.17, 15) is 4.79 Å². The van der Waals surface area contributed by atoms with Gasteiger partial charge in [-0.05, 0) is 23.8 Å². The smallest absolute Gasteiger partial charge is 0.258 e. The van der Waals surface area contributed by atoms with E-state index in [1.807, 2.05) is 48.5 Å². The van der Waals surface area contributed by atoms with Gasteiger partial charge >= 0.3 is 0 Å². The minimum atomic E-state index is -0.646. The Hall–Kier alpha value is -2.48. The van der Waals surface area contributed by atoms with Gasteiger partial charge in [0.15, 0.2) is 11.2 Å². The molecule has 0 spiro atoms. The van der Waals surface area contributed by atoms with Crippen LogP contribution in [0.15, 0.2) is 48.5 Å². The Labute approximate surface area is 161 Å². The van der Waals surface area contributed by atoms with E-state index in [2.05, 4.69) is 10.2 Å². The second-order valence-corrected chi connectivity index (χ2v) is 7.30. The number of methoxy groups -OCH3 is 1. The van der Waals surface area contributed by atoms with Crippen molar-refractivity contribution in [3.8, 4) is 0 Å². The van der Waals surface area contributed by atoms with E-state index in [1.165, 1.54) is 7.11 Å². The van der Waals surface area contributed by atoms with Gasteiger partial charge in [-0.15, -0.1) is 0 Å². The first-order chi connectivity index (χ1) is 13.2. The number of carbonyl (C=O) groups is 1. The van der Waals surface area contributed by atoms with Gasteiger partial charge in [0.1, 0.15) is 0 Å². The molecular weight excluding hydrogens is 362 g/mol. The maximum absolute atomic E-state index is 12.7. The summed E-state index contributed by atoms with van der Waals surface area (Å²) < 4.78 is 11.8. The Kier molecular flexibility index (Phi) is 5.33. The van der Waals surface area contributed by atoms with Crippen LogP contribution in [0.5, 0.6) is 0 Å². The van der Waals surface area contributed by atoms with Crippen molar-refractivity contribution in [3.05, 3.63) is 54.1 Å². The molecule has 140 valence electrons. The van der Waals surface area contributed by atoms with E-state index in [-0.39, 0.29) is 5.91 Å². The van der Waals surface area contributed by atoms with Crippen molar-refractivity contribution < 1.29 is 14.3 Å². The van der Waals surface area contributed by atoms with Crippen LogP contribution in [0, 0.1) is 0 Å². The van der Waals surface area contributed by atoms with Gasteiger partial charge in [0.25, 0.3) is 5.91 Å². The van der Waals surface area contributed by atoms with E-state index in [0.717, 1.165) is 52.9 Å². The highest BCUT2D eigenvalue weighted by molar-refractivity contribution is 7.22. The van der Waals surface area contributed by atoms with Crippen molar-refractivity contribution in [1.29, 1.82) is 0 Å². The molecule has 0 aliphatic carbocycles. The number of amides is 1. The third kappa shape index (κ3) is 3.95. The normalized spacial score (nSPS) is 15.7. The number of carbonyl (C=O) groups excluding carboxylic acids is 1. The monoisotopic (exact) mass is 383 g/mol. The fourth-order valence-corrected chi connectivity index (χ4v) is 4.17. The molecule has 0 unspecified atom stereocenters. The lowest BCUT2D eigenvalue weighted by Gasteiger charge is -2.25. The first-order valence-corrected chi connectivity index (χ1v) is 9.68. The minimum Gasteiger partial charge on any atom is -0.378 e. The number of aromatic nitrogens is 1.